The van der Waals surface area contributed by atoms with Crippen molar-refractivity contribution in [3.05, 3.63) is 89.8 Å². The summed E-state index contributed by atoms with van der Waals surface area (Å²) in [4.78, 5) is 12.4. The first kappa shape index (κ1) is 19.5. The maximum absolute atomic E-state index is 12.4. The number of amides is 1. The summed E-state index contributed by atoms with van der Waals surface area (Å²) in [7, 11) is 0. The molecule has 0 radical (unpaired) electrons. The van der Waals surface area contributed by atoms with Gasteiger partial charge in [-0.3, -0.25) is 4.79 Å². The molecular formula is C23H26N4O. The lowest BCUT2D eigenvalue weighted by molar-refractivity contribution is -0.117. The maximum Gasteiger partial charge on any atom is 0.244 e. The number of carbonyl (C=O) groups excluding carboxylic acids is 1. The standard InChI is InChI=1S/C23H26N4O/c1-18(2)15-22(20-11-7-4-8-12-20)24-23(28)14-13-21-17-27(26-25-21)16-19-9-5-3-6-10-19/h3-14,17-18,22H,15-16H2,1-2H3,(H,24,28)/b14-13+. The fourth-order valence-electron chi connectivity index (χ4n) is 3.05. The molecule has 3 rings (SSSR count). The van der Waals surface area contributed by atoms with Crippen molar-refractivity contribution in [2.75, 3.05) is 0 Å². The van der Waals surface area contributed by atoms with Crippen molar-refractivity contribution in [1.82, 2.24) is 20.3 Å². The van der Waals surface area contributed by atoms with E-state index in [-0.39, 0.29) is 11.9 Å². The second kappa shape index (κ2) is 9.65. The van der Waals surface area contributed by atoms with Gasteiger partial charge in [-0.05, 0) is 29.5 Å². The predicted molar refractivity (Wildman–Crippen MR) is 111 cm³/mol. The molecule has 0 spiro atoms. The van der Waals surface area contributed by atoms with Crippen LogP contribution in [-0.2, 0) is 11.3 Å². The van der Waals surface area contributed by atoms with Crippen molar-refractivity contribution >= 4 is 12.0 Å². The van der Waals surface area contributed by atoms with Gasteiger partial charge in [0.1, 0.15) is 5.69 Å². The molecule has 0 aliphatic carbocycles. The molecule has 1 unspecified atom stereocenters. The molecule has 144 valence electrons. The van der Waals surface area contributed by atoms with Gasteiger partial charge < -0.3 is 5.32 Å². The minimum Gasteiger partial charge on any atom is -0.346 e. The van der Waals surface area contributed by atoms with Crippen LogP contribution in [0.25, 0.3) is 6.08 Å². The quantitative estimate of drug-likeness (QED) is 0.600. The molecule has 3 aromatic rings. The van der Waals surface area contributed by atoms with Gasteiger partial charge in [0.25, 0.3) is 0 Å². The first-order valence-electron chi connectivity index (χ1n) is 9.57. The molecule has 0 bridgehead atoms. The van der Waals surface area contributed by atoms with Crippen LogP contribution in [0.1, 0.15) is 43.1 Å². The Morgan fingerprint density at radius 2 is 1.75 bits per heavy atom. The van der Waals surface area contributed by atoms with Crippen molar-refractivity contribution in [1.29, 1.82) is 0 Å². The van der Waals surface area contributed by atoms with Gasteiger partial charge in [0.2, 0.25) is 5.91 Å². The van der Waals surface area contributed by atoms with Gasteiger partial charge in [-0.2, -0.15) is 0 Å². The molecule has 0 fully saturated rings. The summed E-state index contributed by atoms with van der Waals surface area (Å²) in [6, 6.07) is 20.1. The summed E-state index contributed by atoms with van der Waals surface area (Å²) in [6.07, 6.45) is 5.94. The third kappa shape index (κ3) is 5.91. The average molecular weight is 374 g/mol. The number of hydrogen-bond acceptors (Lipinski definition) is 3. The van der Waals surface area contributed by atoms with Crippen LogP contribution in [-0.4, -0.2) is 20.9 Å². The highest BCUT2D eigenvalue weighted by Gasteiger charge is 2.14. The van der Waals surface area contributed by atoms with Gasteiger partial charge in [-0.25, -0.2) is 4.68 Å². The van der Waals surface area contributed by atoms with Crippen molar-refractivity contribution in [2.24, 2.45) is 5.92 Å². The Kier molecular flexibility index (Phi) is 6.73. The van der Waals surface area contributed by atoms with E-state index in [1.54, 1.807) is 10.8 Å². The van der Waals surface area contributed by atoms with Gasteiger partial charge in [-0.1, -0.05) is 79.7 Å². The molecule has 5 heteroatoms. The zero-order valence-corrected chi connectivity index (χ0v) is 16.3. The van der Waals surface area contributed by atoms with Crippen LogP contribution in [0.5, 0.6) is 0 Å². The minimum atomic E-state index is -0.132. The summed E-state index contributed by atoms with van der Waals surface area (Å²) in [6.45, 7) is 4.96. The summed E-state index contributed by atoms with van der Waals surface area (Å²) >= 11 is 0. The molecule has 0 saturated carbocycles. The Labute approximate surface area is 166 Å². The number of nitrogens with zero attached hydrogens (tertiary/aromatic N) is 3. The number of aromatic nitrogens is 3. The fourth-order valence-corrected chi connectivity index (χ4v) is 3.05. The Hall–Kier alpha value is -3.21. The van der Waals surface area contributed by atoms with Gasteiger partial charge in [0, 0.05) is 6.08 Å². The van der Waals surface area contributed by atoms with Crippen LogP contribution >= 0.6 is 0 Å². The molecular weight excluding hydrogens is 348 g/mol. The molecule has 1 aromatic heterocycles. The van der Waals surface area contributed by atoms with Crippen LogP contribution in [0.15, 0.2) is 72.9 Å². The topological polar surface area (TPSA) is 59.8 Å². The number of rotatable bonds is 8. The van der Waals surface area contributed by atoms with E-state index in [0.29, 0.717) is 18.2 Å². The lowest BCUT2D eigenvalue weighted by atomic mass is 9.97. The minimum absolute atomic E-state index is 0.00730. The summed E-state index contributed by atoms with van der Waals surface area (Å²) in [5.74, 6) is 0.347. The summed E-state index contributed by atoms with van der Waals surface area (Å²) in [5.41, 5.74) is 2.93. The second-order valence-electron chi connectivity index (χ2n) is 7.26. The SMILES string of the molecule is CC(C)CC(NC(=O)/C=C/c1cn(Cc2ccccc2)nn1)c1ccccc1. The molecule has 0 aliphatic rings. The van der Waals surface area contributed by atoms with Crippen LogP contribution < -0.4 is 5.32 Å². The van der Waals surface area contributed by atoms with Crippen LogP contribution in [0.4, 0.5) is 0 Å². The monoisotopic (exact) mass is 374 g/mol. The highest BCUT2D eigenvalue weighted by atomic mass is 16.1. The predicted octanol–water partition coefficient (Wildman–Crippen LogP) is 4.24. The lowest BCUT2D eigenvalue weighted by Crippen LogP contribution is -2.27. The molecule has 1 N–H and O–H groups in total. The summed E-state index contributed by atoms with van der Waals surface area (Å²) in [5, 5.41) is 11.3. The van der Waals surface area contributed by atoms with Gasteiger partial charge in [0.05, 0.1) is 18.8 Å². The molecule has 0 saturated heterocycles. The highest BCUT2D eigenvalue weighted by Crippen LogP contribution is 2.21. The maximum atomic E-state index is 12.4. The van der Waals surface area contributed by atoms with E-state index in [2.05, 4.69) is 29.5 Å². The Balaban J connectivity index is 1.61. The normalized spacial score (nSPS) is 12.4. The van der Waals surface area contributed by atoms with Gasteiger partial charge >= 0.3 is 0 Å². The lowest BCUT2D eigenvalue weighted by Gasteiger charge is -2.20. The second-order valence-corrected chi connectivity index (χ2v) is 7.26. The van der Waals surface area contributed by atoms with Crippen LogP contribution in [0.3, 0.4) is 0 Å². The van der Waals surface area contributed by atoms with E-state index >= 15 is 0 Å². The molecule has 1 atom stereocenters. The van der Waals surface area contributed by atoms with Crippen LogP contribution in [0.2, 0.25) is 0 Å². The number of nitrogens with one attached hydrogen (secondary N) is 1. The largest absolute Gasteiger partial charge is 0.346 e. The van der Waals surface area contributed by atoms with E-state index in [4.69, 9.17) is 0 Å². The molecule has 5 nitrogen and oxygen atoms in total. The van der Waals surface area contributed by atoms with E-state index < -0.39 is 0 Å². The molecule has 0 aliphatic heterocycles. The van der Waals surface area contributed by atoms with E-state index in [1.807, 2.05) is 66.9 Å². The van der Waals surface area contributed by atoms with E-state index in [0.717, 1.165) is 17.5 Å². The Bertz CT molecular complexity index is 901. The zero-order valence-electron chi connectivity index (χ0n) is 16.3. The average Bonchev–Trinajstić information content (AvgIpc) is 3.14. The van der Waals surface area contributed by atoms with Crippen molar-refractivity contribution < 1.29 is 4.79 Å². The third-order valence-corrected chi connectivity index (χ3v) is 4.37. The van der Waals surface area contributed by atoms with E-state index in [9.17, 15) is 4.79 Å². The number of benzene rings is 2. The van der Waals surface area contributed by atoms with E-state index in [1.165, 1.54) is 6.08 Å². The Morgan fingerprint density at radius 3 is 2.43 bits per heavy atom. The highest BCUT2D eigenvalue weighted by molar-refractivity contribution is 5.91. The third-order valence-electron chi connectivity index (χ3n) is 4.37. The van der Waals surface area contributed by atoms with Crippen molar-refractivity contribution in [3.63, 3.8) is 0 Å². The summed E-state index contributed by atoms with van der Waals surface area (Å²) < 4.78 is 1.76. The first-order chi connectivity index (χ1) is 13.6. The van der Waals surface area contributed by atoms with Gasteiger partial charge in [-0.15, -0.1) is 5.10 Å². The van der Waals surface area contributed by atoms with Crippen LogP contribution in [0, 0.1) is 5.92 Å². The number of hydrogen-bond donors (Lipinski definition) is 1. The molecule has 2 aromatic carbocycles. The van der Waals surface area contributed by atoms with Crippen molar-refractivity contribution in [3.8, 4) is 0 Å². The first-order valence-corrected chi connectivity index (χ1v) is 9.57. The van der Waals surface area contributed by atoms with Crippen molar-refractivity contribution in [2.45, 2.75) is 32.9 Å². The number of carbonyl (C=O) groups is 1. The zero-order chi connectivity index (χ0) is 19.8. The molecule has 28 heavy (non-hydrogen) atoms. The molecule has 1 amide bonds. The fraction of sp³-hybridized carbons (Fsp3) is 0.261. The Morgan fingerprint density at radius 1 is 1.07 bits per heavy atom. The molecule has 1 heterocycles. The smallest absolute Gasteiger partial charge is 0.244 e. The van der Waals surface area contributed by atoms with Gasteiger partial charge in [0.15, 0.2) is 0 Å².